The van der Waals surface area contributed by atoms with Gasteiger partial charge in [0.15, 0.2) is 4.87 Å². The average Bonchev–Trinajstić information content (AvgIpc) is 2.00. The van der Waals surface area contributed by atoms with E-state index in [2.05, 4.69) is 5.32 Å². The topological polar surface area (TPSA) is 109 Å². The lowest BCUT2D eigenvalue weighted by molar-refractivity contribution is -0.119. The van der Waals surface area contributed by atoms with Crippen molar-refractivity contribution in [1.82, 2.24) is 5.32 Å². The molecule has 1 unspecified atom stereocenters. The maximum absolute atomic E-state index is 11.2. The van der Waals surface area contributed by atoms with E-state index in [4.69, 9.17) is 10.3 Å². The number of allylic oxidation sites excluding steroid dienone is 2. The first kappa shape index (κ1) is 11.7. The van der Waals surface area contributed by atoms with Crippen LogP contribution in [0.4, 0.5) is 0 Å². The largest absolute Gasteiger partial charge is 0.402 e. The monoisotopic (exact) mass is 232 g/mol. The molecule has 1 atom stereocenters. The van der Waals surface area contributed by atoms with Crippen molar-refractivity contribution < 1.29 is 17.8 Å². The fourth-order valence-corrected chi connectivity index (χ4v) is 2.25. The minimum absolute atomic E-state index is 0.165. The quantitative estimate of drug-likeness (QED) is 0.556. The zero-order valence-corrected chi connectivity index (χ0v) is 8.91. The molecule has 7 heteroatoms. The SMILES string of the molecule is CC(=O)NC1(S(=O)(=O)O)C=CC=C(N)C1. The molecule has 0 fully saturated rings. The summed E-state index contributed by atoms with van der Waals surface area (Å²) in [7, 11) is -4.46. The zero-order chi connectivity index (χ0) is 11.7. The number of carbonyl (C=O) groups excluding carboxylic acids is 1. The van der Waals surface area contributed by atoms with Gasteiger partial charge in [0.25, 0.3) is 10.1 Å². The maximum atomic E-state index is 11.2. The van der Waals surface area contributed by atoms with E-state index in [0.717, 1.165) is 6.92 Å². The van der Waals surface area contributed by atoms with Gasteiger partial charge in [-0.05, 0) is 12.2 Å². The molecule has 0 bridgehead atoms. The molecule has 0 aromatic heterocycles. The van der Waals surface area contributed by atoms with Crippen LogP contribution < -0.4 is 11.1 Å². The van der Waals surface area contributed by atoms with E-state index in [1.165, 1.54) is 18.2 Å². The molecule has 0 spiro atoms. The third-order valence-corrected chi connectivity index (χ3v) is 3.29. The Bertz CT molecular complexity index is 434. The second-order valence-corrected chi connectivity index (χ2v) is 5.00. The molecule has 1 aliphatic rings. The smallest absolute Gasteiger partial charge is 0.293 e. The van der Waals surface area contributed by atoms with Gasteiger partial charge in [0.1, 0.15) is 0 Å². The van der Waals surface area contributed by atoms with Gasteiger partial charge < -0.3 is 11.1 Å². The molecule has 84 valence electrons. The molecule has 0 saturated carbocycles. The van der Waals surface area contributed by atoms with Crippen LogP contribution in [0.3, 0.4) is 0 Å². The van der Waals surface area contributed by atoms with Crippen molar-refractivity contribution in [3.05, 3.63) is 23.9 Å². The standard InChI is InChI=1S/C8H12N2O4S/c1-6(11)10-8(15(12,13)14)4-2-3-7(9)5-8/h2-4H,5,9H2,1H3,(H,10,11)(H,12,13,14). The minimum Gasteiger partial charge on any atom is -0.402 e. The lowest BCUT2D eigenvalue weighted by Gasteiger charge is -2.29. The number of hydrogen-bond donors (Lipinski definition) is 3. The highest BCUT2D eigenvalue weighted by molar-refractivity contribution is 7.87. The van der Waals surface area contributed by atoms with Crippen LogP contribution in [0.5, 0.6) is 0 Å². The first-order valence-electron chi connectivity index (χ1n) is 4.16. The van der Waals surface area contributed by atoms with Crippen LogP contribution in [0, 0.1) is 0 Å². The lowest BCUT2D eigenvalue weighted by Crippen LogP contribution is -2.53. The first-order chi connectivity index (χ1) is 6.77. The van der Waals surface area contributed by atoms with Gasteiger partial charge in [0.05, 0.1) is 0 Å². The van der Waals surface area contributed by atoms with Gasteiger partial charge in [-0.1, -0.05) is 6.08 Å². The highest BCUT2D eigenvalue weighted by Crippen LogP contribution is 2.25. The Morgan fingerprint density at radius 3 is 2.67 bits per heavy atom. The van der Waals surface area contributed by atoms with Gasteiger partial charge in [0.2, 0.25) is 5.91 Å². The van der Waals surface area contributed by atoms with E-state index in [1.54, 1.807) is 0 Å². The second-order valence-electron chi connectivity index (χ2n) is 3.32. The molecule has 4 N–H and O–H groups in total. The summed E-state index contributed by atoms with van der Waals surface area (Å²) in [4.78, 5) is 9.05. The summed E-state index contributed by atoms with van der Waals surface area (Å²) < 4.78 is 31.5. The maximum Gasteiger partial charge on any atom is 0.293 e. The highest BCUT2D eigenvalue weighted by atomic mass is 32.2. The van der Waals surface area contributed by atoms with E-state index in [9.17, 15) is 13.2 Å². The fraction of sp³-hybridized carbons (Fsp3) is 0.375. The van der Waals surface area contributed by atoms with Gasteiger partial charge >= 0.3 is 0 Å². The third kappa shape index (κ3) is 2.37. The lowest BCUT2D eigenvalue weighted by atomic mass is 10.1. The van der Waals surface area contributed by atoms with Crippen LogP contribution in [-0.2, 0) is 14.9 Å². The number of nitrogens with one attached hydrogen (secondary N) is 1. The van der Waals surface area contributed by atoms with E-state index >= 15 is 0 Å². The zero-order valence-electron chi connectivity index (χ0n) is 8.10. The molecule has 0 heterocycles. The summed E-state index contributed by atoms with van der Waals surface area (Å²) >= 11 is 0. The van der Waals surface area contributed by atoms with E-state index < -0.39 is 20.9 Å². The number of carbonyl (C=O) groups is 1. The Balaban J connectivity index is 3.16. The van der Waals surface area contributed by atoms with Crippen molar-refractivity contribution in [1.29, 1.82) is 0 Å². The fourth-order valence-electron chi connectivity index (χ4n) is 1.37. The van der Waals surface area contributed by atoms with Crippen molar-refractivity contribution in [3.8, 4) is 0 Å². The van der Waals surface area contributed by atoms with Crippen molar-refractivity contribution in [3.63, 3.8) is 0 Å². The predicted octanol–water partition coefficient (Wildman–Crippen LogP) is -0.491. The Hall–Kier alpha value is -1.34. The molecule has 0 radical (unpaired) electrons. The summed E-state index contributed by atoms with van der Waals surface area (Å²) in [5.41, 5.74) is 5.73. The highest BCUT2D eigenvalue weighted by Gasteiger charge is 2.42. The number of amides is 1. The molecule has 0 aromatic carbocycles. The minimum atomic E-state index is -4.46. The summed E-state index contributed by atoms with van der Waals surface area (Å²) in [5.74, 6) is -0.563. The van der Waals surface area contributed by atoms with Crippen molar-refractivity contribution in [2.75, 3.05) is 0 Å². The molecular weight excluding hydrogens is 220 g/mol. The van der Waals surface area contributed by atoms with E-state index in [0.29, 0.717) is 0 Å². The predicted molar refractivity (Wildman–Crippen MR) is 54.1 cm³/mol. The molecule has 15 heavy (non-hydrogen) atoms. The molecule has 1 rings (SSSR count). The van der Waals surface area contributed by atoms with Crippen molar-refractivity contribution in [2.45, 2.75) is 18.2 Å². The van der Waals surface area contributed by atoms with E-state index in [1.807, 2.05) is 0 Å². The summed E-state index contributed by atoms with van der Waals surface area (Å²) in [6, 6.07) is 0. The molecule has 0 aromatic rings. The number of nitrogens with two attached hydrogens (primary N) is 1. The van der Waals surface area contributed by atoms with Gasteiger partial charge in [-0.25, -0.2) is 0 Å². The van der Waals surface area contributed by atoms with Crippen LogP contribution in [0.15, 0.2) is 23.9 Å². The number of rotatable bonds is 2. The van der Waals surface area contributed by atoms with Crippen LogP contribution in [0.2, 0.25) is 0 Å². The Labute approximate surface area is 87.6 Å². The Morgan fingerprint density at radius 2 is 2.27 bits per heavy atom. The van der Waals surface area contributed by atoms with Gasteiger partial charge in [-0.2, -0.15) is 8.42 Å². The van der Waals surface area contributed by atoms with Crippen molar-refractivity contribution >= 4 is 16.0 Å². The van der Waals surface area contributed by atoms with Crippen molar-refractivity contribution in [2.24, 2.45) is 5.73 Å². The second kappa shape index (κ2) is 3.67. The Kier molecular flexibility index (Phi) is 2.87. The van der Waals surface area contributed by atoms with Crippen LogP contribution in [0.25, 0.3) is 0 Å². The molecule has 6 nitrogen and oxygen atoms in total. The Morgan fingerprint density at radius 1 is 1.67 bits per heavy atom. The summed E-state index contributed by atoms with van der Waals surface area (Å²) in [6.45, 7) is 1.16. The average molecular weight is 232 g/mol. The van der Waals surface area contributed by atoms with Crippen LogP contribution >= 0.6 is 0 Å². The van der Waals surface area contributed by atoms with Crippen LogP contribution in [-0.4, -0.2) is 23.7 Å². The van der Waals surface area contributed by atoms with E-state index in [-0.39, 0.29) is 12.1 Å². The first-order valence-corrected chi connectivity index (χ1v) is 5.60. The summed E-state index contributed by atoms with van der Waals surface area (Å²) in [6.07, 6.45) is 3.91. The molecule has 1 aliphatic carbocycles. The molecule has 0 aliphatic heterocycles. The molecule has 0 saturated heterocycles. The normalized spacial score (nSPS) is 25.9. The van der Waals surface area contributed by atoms with Gasteiger partial charge in [0, 0.05) is 19.0 Å². The summed E-state index contributed by atoms with van der Waals surface area (Å²) in [5, 5.41) is 2.18. The third-order valence-electron chi connectivity index (χ3n) is 1.99. The van der Waals surface area contributed by atoms with Crippen LogP contribution in [0.1, 0.15) is 13.3 Å². The van der Waals surface area contributed by atoms with Gasteiger partial charge in [-0.3, -0.25) is 9.35 Å². The molecular formula is C8H12N2O4S. The van der Waals surface area contributed by atoms with Gasteiger partial charge in [-0.15, -0.1) is 0 Å². The molecule has 1 amide bonds. The number of hydrogen-bond acceptors (Lipinski definition) is 4.